The van der Waals surface area contributed by atoms with Gasteiger partial charge in [0, 0.05) is 27.7 Å². The minimum atomic E-state index is -0.419. The lowest BCUT2D eigenvalue weighted by atomic mass is 9.50. The van der Waals surface area contributed by atoms with Crippen molar-refractivity contribution in [1.29, 1.82) is 0 Å². The fourth-order valence-electron chi connectivity index (χ4n) is 8.71. The Morgan fingerprint density at radius 3 is 2.67 bits per heavy atom. The van der Waals surface area contributed by atoms with Crippen LogP contribution in [0.3, 0.4) is 0 Å². The van der Waals surface area contributed by atoms with Crippen LogP contribution in [-0.2, 0) is 11.8 Å². The molecular weight excluding hydrogens is 498 g/mol. The van der Waals surface area contributed by atoms with Gasteiger partial charge in [-0.1, -0.05) is 50.3 Å². The maximum atomic E-state index is 10.3. The Balaban J connectivity index is 1.22. The van der Waals surface area contributed by atoms with Crippen molar-refractivity contribution in [2.75, 3.05) is 0 Å². The Morgan fingerprint density at radius 1 is 0.975 bits per heavy atom. The summed E-state index contributed by atoms with van der Waals surface area (Å²) in [6.07, 6.45) is 9.78. The molecule has 1 saturated carbocycles. The van der Waals surface area contributed by atoms with Gasteiger partial charge in [-0.15, -0.1) is 0 Å². The number of hydrogen-bond acceptors (Lipinski definition) is 6. The molecular formula is C33H35N5O2. The van der Waals surface area contributed by atoms with Crippen LogP contribution in [0.4, 0.5) is 0 Å². The molecule has 4 aliphatic rings. The molecule has 7 nitrogen and oxygen atoms in total. The highest BCUT2D eigenvalue weighted by molar-refractivity contribution is 5.70. The number of nitrogens with one attached hydrogen (secondary N) is 1. The summed E-state index contributed by atoms with van der Waals surface area (Å²) in [4.78, 5) is 9.75. The average molecular weight is 534 g/mol. The van der Waals surface area contributed by atoms with Gasteiger partial charge in [-0.25, -0.2) is 4.98 Å². The van der Waals surface area contributed by atoms with E-state index in [0.29, 0.717) is 23.5 Å². The Kier molecular flexibility index (Phi) is 5.21. The van der Waals surface area contributed by atoms with Gasteiger partial charge in [-0.05, 0) is 80.5 Å². The Bertz CT molecular complexity index is 1650. The molecule has 3 aliphatic carbocycles. The third-order valence-corrected chi connectivity index (χ3v) is 10.7. The SMILES string of the molecule is C[C@]12CC[C@H](O)NC1=CC[C@@H]1[C@@H]2CC[C@]2(C)c3nc4ncnn4c(-c4cccc(Oc5ccccc5)c4)c3C[C@@H]12. The maximum Gasteiger partial charge on any atom is 0.252 e. The predicted octanol–water partition coefficient (Wildman–Crippen LogP) is 6.04. The second-order valence-electron chi connectivity index (χ2n) is 12.7. The zero-order valence-corrected chi connectivity index (χ0v) is 23.0. The number of allylic oxidation sites excluding steroid dienone is 2. The molecule has 8 rings (SSSR count). The first-order valence-corrected chi connectivity index (χ1v) is 14.7. The van der Waals surface area contributed by atoms with Crippen LogP contribution < -0.4 is 10.1 Å². The summed E-state index contributed by atoms with van der Waals surface area (Å²) in [7, 11) is 0. The molecule has 0 amide bonds. The standard InChI is InChI=1S/C33H35N5O2/c1-32-16-14-28(39)36-27(32)12-11-23-25(32)13-15-33(2)26(23)18-24-29(38-31(34-19-35-38)37-30(24)33)20-7-6-10-22(17-20)40-21-8-4-3-5-9-21/h3-10,12,17,19,23,25-26,28,36,39H,11,13-16,18H2,1-2H3/t23-,25+,26+,28+,32-,33+/m1/s1. The van der Waals surface area contributed by atoms with Gasteiger partial charge in [0.05, 0.1) is 11.4 Å². The van der Waals surface area contributed by atoms with E-state index < -0.39 is 6.23 Å². The van der Waals surface area contributed by atoms with Crippen molar-refractivity contribution in [3.8, 4) is 22.8 Å². The number of aliphatic hydroxyl groups excluding tert-OH is 1. The smallest absolute Gasteiger partial charge is 0.252 e. The molecule has 3 heterocycles. The topological polar surface area (TPSA) is 84.6 Å². The van der Waals surface area contributed by atoms with Crippen molar-refractivity contribution in [2.24, 2.45) is 23.2 Å². The first-order valence-electron chi connectivity index (χ1n) is 14.7. The first-order chi connectivity index (χ1) is 19.4. The van der Waals surface area contributed by atoms with Crippen LogP contribution >= 0.6 is 0 Å². The summed E-state index contributed by atoms with van der Waals surface area (Å²) in [6.45, 7) is 4.88. The molecule has 2 fully saturated rings. The zero-order valence-electron chi connectivity index (χ0n) is 23.0. The molecule has 2 N–H and O–H groups in total. The lowest BCUT2D eigenvalue weighted by molar-refractivity contribution is -0.0255. The number of hydrogen-bond donors (Lipinski definition) is 2. The monoisotopic (exact) mass is 533 g/mol. The van der Waals surface area contributed by atoms with E-state index in [1.807, 2.05) is 40.9 Å². The van der Waals surface area contributed by atoms with Crippen molar-refractivity contribution in [1.82, 2.24) is 24.9 Å². The van der Waals surface area contributed by atoms with E-state index in [2.05, 4.69) is 53.5 Å². The molecule has 6 atom stereocenters. The van der Waals surface area contributed by atoms with E-state index in [-0.39, 0.29) is 10.8 Å². The van der Waals surface area contributed by atoms with Crippen molar-refractivity contribution >= 4 is 5.78 Å². The summed E-state index contributed by atoms with van der Waals surface area (Å²) in [6, 6.07) is 18.2. The van der Waals surface area contributed by atoms with Crippen LogP contribution in [0.25, 0.3) is 17.0 Å². The largest absolute Gasteiger partial charge is 0.457 e. The molecule has 0 unspecified atom stereocenters. The summed E-state index contributed by atoms with van der Waals surface area (Å²) in [5.74, 6) is 3.97. The molecule has 4 aromatic rings. The minimum absolute atomic E-state index is 0.000408. The summed E-state index contributed by atoms with van der Waals surface area (Å²) < 4.78 is 8.14. The molecule has 2 aromatic carbocycles. The van der Waals surface area contributed by atoms with Gasteiger partial charge in [0.25, 0.3) is 5.78 Å². The van der Waals surface area contributed by atoms with Crippen LogP contribution in [0.2, 0.25) is 0 Å². The second-order valence-corrected chi connectivity index (χ2v) is 12.7. The highest BCUT2D eigenvalue weighted by atomic mass is 16.5. The number of fused-ring (bicyclic) bond motifs is 8. The summed E-state index contributed by atoms with van der Waals surface area (Å²) in [5.41, 5.74) is 6.05. The number of ether oxygens (including phenoxy) is 1. The molecule has 0 radical (unpaired) electrons. The zero-order chi connectivity index (χ0) is 27.1. The normalized spacial score (nSPS) is 32.3. The first kappa shape index (κ1) is 24.1. The maximum absolute atomic E-state index is 10.3. The highest BCUT2D eigenvalue weighted by Crippen LogP contribution is 2.63. The van der Waals surface area contributed by atoms with Gasteiger partial charge in [-0.2, -0.15) is 14.6 Å². The highest BCUT2D eigenvalue weighted by Gasteiger charge is 2.58. The van der Waals surface area contributed by atoms with E-state index in [9.17, 15) is 5.11 Å². The molecule has 2 aromatic heterocycles. The lowest BCUT2D eigenvalue weighted by Gasteiger charge is -2.57. The number of nitrogens with zero attached hydrogens (tertiary/aromatic N) is 4. The van der Waals surface area contributed by atoms with Crippen LogP contribution in [0.1, 0.15) is 57.2 Å². The van der Waals surface area contributed by atoms with E-state index in [0.717, 1.165) is 54.9 Å². The van der Waals surface area contributed by atoms with Gasteiger partial charge >= 0.3 is 0 Å². The minimum Gasteiger partial charge on any atom is -0.457 e. The van der Waals surface area contributed by atoms with Crippen LogP contribution in [-0.4, -0.2) is 30.9 Å². The van der Waals surface area contributed by atoms with Gasteiger partial charge in [-0.3, -0.25) is 0 Å². The van der Waals surface area contributed by atoms with Crippen molar-refractivity contribution in [2.45, 2.75) is 64.0 Å². The predicted molar refractivity (Wildman–Crippen MR) is 153 cm³/mol. The fraction of sp³-hybridized carbons (Fsp3) is 0.424. The third kappa shape index (κ3) is 3.43. The van der Waals surface area contributed by atoms with Crippen LogP contribution in [0.5, 0.6) is 11.5 Å². The number of aromatic nitrogens is 4. The number of rotatable bonds is 3. The quantitative estimate of drug-likeness (QED) is 0.334. The van der Waals surface area contributed by atoms with Crippen molar-refractivity contribution in [3.05, 3.63) is 84.0 Å². The molecule has 0 bridgehead atoms. The summed E-state index contributed by atoms with van der Waals surface area (Å²) in [5, 5.41) is 18.4. The van der Waals surface area contributed by atoms with Gasteiger partial charge in [0.1, 0.15) is 24.1 Å². The molecule has 0 spiro atoms. The second kappa shape index (κ2) is 8.64. The van der Waals surface area contributed by atoms with Crippen molar-refractivity contribution < 1.29 is 9.84 Å². The third-order valence-electron chi connectivity index (χ3n) is 10.7. The average Bonchev–Trinajstić information content (AvgIpc) is 3.55. The van der Waals surface area contributed by atoms with Gasteiger partial charge in [0.15, 0.2) is 0 Å². The molecule has 204 valence electrons. The Morgan fingerprint density at radius 2 is 1.80 bits per heavy atom. The van der Waals surface area contributed by atoms with Gasteiger partial charge < -0.3 is 15.2 Å². The fourth-order valence-corrected chi connectivity index (χ4v) is 8.71. The van der Waals surface area contributed by atoms with E-state index in [1.54, 1.807) is 6.33 Å². The van der Waals surface area contributed by atoms with Crippen LogP contribution in [0.15, 0.2) is 72.7 Å². The van der Waals surface area contributed by atoms with E-state index >= 15 is 0 Å². The Hall–Kier alpha value is -3.71. The van der Waals surface area contributed by atoms with Gasteiger partial charge in [0.2, 0.25) is 0 Å². The van der Waals surface area contributed by atoms with E-state index in [4.69, 9.17) is 9.72 Å². The molecule has 40 heavy (non-hydrogen) atoms. The number of aliphatic hydroxyl groups is 1. The number of para-hydroxylation sites is 1. The van der Waals surface area contributed by atoms with Crippen LogP contribution in [0, 0.1) is 23.2 Å². The number of benzene rings is 2. The molecule has 1 aliphatic heterocycles. The summed E-state index contributed by atoms with van der Waals surface area (Å²) >= 11 is 0. The molecule has 7 heteroatoms. The molecule has 1 saturated heterocycles. The lowest BCUT2D eigenvalue weighted by Crippen LogP contribution is -2.54. The number of piperidine rings is 1. The Labute approximate surface area is 234 Å². The van der Waals surface area contributed by atoms with Crippen molar-refractivity contribution in [3.63, 3.8) is 0 Å². The van der Waals surface area contributed by atoms with E-state index in [1.165, 1.54) is 23.4 Å².